The van der Waals surface area contributed by atoms with Gasteiger partial charge in [0.2, 0.25) is 0 Å². The second-order valence-electron chi connectivity index (χ2n) is 6.25. The lowest BCUT2D eigenvalue weighted by Gasteiger charge is -2.24. The molecule has 1 saturated carbocycles. The molecule has 0 unspecified atom stereocenters. The number of hydrogen-bond donors (Lipinski definition) is 2. The molecule has 3 heteroatoms. The summed E-state index contributed by atoms with van der Waals surface area (Å²) in [5.74, 6) is -0.0500. The predicted octanol–water partition coefficient (Wildman–Crippen LogP) is 4.61. The third-order valence-electron chi connectivity index (χ3n) is 4.78. The summed E-state index contributed by atoms with van der Waals surface area (Å²) in [4.78, 5) is 10.9. The van der Waals surface area contributed by atoms with Gasteiger partial charge in [-0.15, -0.1) is 0 Å². The molecule has 3 rings (SSSR count). The molecule has 1 fully saturated rings. The molecule has 0 bridgehead atoms. The number of carboxylic acids is 1. The summed E-state index contributed by atoms with van der Waals surface area (Å²) in [6.07, 6.45) is 6.62. The highest BCUT2D eigenvalue weighted by Crippen LogP contribution is 2.40. The predicted molar refractivity (Wildman–Crippen MR) is 87.4 cm³/mol. The Morgan fingerprint density at radius 1 is 1.09 bits per heavy atom. The molecule has 0 heterocycles. The molecule has 3 nitrogen and oxygen atoms in total. The molecule has 0 spiro atoms. The normalized spacial score (nSPS) is 16.0. The number of aromatic hydroxyl groups is 1. The maximum atomic E-state index is 10.9. The van der Waals surface area contributed by atoms with E-state index < -0.39 is 5.97 Å². The molecule has 0 aromatic heterocycles. The molecule has 1 aliphatic carbocycles. The van der Waals surface area contributed by atoms with Crippen LogP contribution in [-0.4, -0.2) is 16.2 Å². The van der Waals surface area contributed by atoms with Crippen molar-refractivity contribution in [2.75, 3.05) is 0 Å². The van der Waals surface area contributed by atoms with E-state index in [-0.39, 0.29) is 12.2 Å². The summed E-state index contributed by atoms with van der Waals surface area (Å²) in [5.41, 5.74) is 2.05. The Labute approximate surface area is 130 Å². The number of aryl methyl sites for hydroxylation is 1. The fourth-order valence-corrected chi connectivity index (χ4v) is 3.63. The van der Waals surface area contributed by atoms with E-state index in [1.807, 2.05) is 18.2 Å². The fraction of sp³-hybridized carbons (Fsp3) is 0.421. The molecule has 0 atom stereocenters. The van der Waals surface area contributed by atoms with Crippen LogP contribution >= 0.6 is 0 Å². The van der Waals surface area contributed by atoms with Gasteiger partial charge >= 0.3 is 5.97 Å². The molecule has 0 aliphatic heterocycles. The van der Waals surface area contributed by atoms with E-state index in [0.29, 0.717) is 12.3 Å². The number of carbonyl (C=O) groups is 1. The monoisotopic (exact) mass is 298 g/mol. The largest absolute Gasteiger partial charge is 0.507 e. The number of rotatable bonds is 4. The van der Waals surface area contributed by atoms with Gasteiger partial charge in [0.1, 0.15) is 5.75 Å². The van der Waals surface area contributed by atoms with Crippen LogP contribution in [0.2, 0.25) is 0 Å². The average molecular weight is 298 g/mol. The van der Waals surface area contributed by atoms with E-state index in [0.717, 1.165) is 16.3 Å². The minimum Gasteiger partial charge on any atom is -0.507 e. The van der Waals surface area contributed by atoms with E-state index >= 15 is 0 Å². The number of aliphatic carboxylic acids is 1. The first-order valence-corrected chi connectivity index (χ1v) is 8.12. The summed E-state index contributed by atoms with van der Waals surface area (Å²) in [5, 5.41) is 21.4. The number of hydrogen-bond acceptors (Lipinski definition) is 2. The quantitative estimate of drug-likeness (QED) is 0.866. The van der Waals surface area contributed by atoms with Crippen LogP contribution in [0.3, 0.4) is 0 Å². The average Bonchev–Trinajstić information content (AvgIpc) is 2.55. The van der Waals surface area contributed by atoms with Gasteiger partial charge in [-0.3, -0.25) is 4.79 Å². The van der Waals surface area contributed by atoms with E-state index in [1.165, 1.54) is 37.7 Å². The zero-order valence-corrected chi connectivity index (χ0v) is 12.7. The lowest BCUT2D eigenvalue weighted by molar-refractivity contribution is -0.136. The van der Waals surface area contributed by atoms with Gasteiger partial charge in [0.05, 0.1) is 0 Å². The number of carboxylic acid groups (broad SMARTS) is 1. The Kier molecular flexibility index (Phi) is 4.32. The highest BCUT2D eigenvalue weighted by molar-refractivity contribution is 5.92. The molecule has 0 amide bonds. The van der Waals surface area contributed by atoms with Gasteiger partial charge in [-0.1, -0.05) is 49.6 Å². The molecule has 0 radical (unpaired) electrons. The molecule has 2 aromatic rings. The Bertz CT molecular complexity index is 684. The summed E-state index contributed by atoms with van der Waals surface area (Å²) < 4.78 is 0. The molecule has 22 heavy (non-hydrogen) atoms. The molecule has 1 aliphatic rings. The van der Waals surface area contributed by atoms with Crippen molar-refractivity contribution in [2.24, 2.45) is 0 Å². The molecular formula is C19H22O3. The van der Waals surface area contributed by atoms with Crippen LogP contribution in [0, 0.1) is 0 Å². The maximum absolute atomic E-state index is 10.9. The third kappa shape index (κ3) is 2.94. The van der Waals surface area contributed by atoms with Crippen LogP contribution < -0.4 is 0 Å². The van der Waals surface area contributed by atoms with Gasteiger partial charge in [-0.05, 0) is 41.7 Å². The standard InChI is InChI=1S/C19H22O3/c20-18(21)11-10-14-12-17(13-6-2-1-3-7-13)15-8-4-5-9-16(15)19(14)22/h4-5,8-9,12-13,22H,1-3,6-7,10-11H2,(H,20,21). The smallest absolute Gasteiger partial charge is 0.303 e. The molecular weight excluding hydrogens is 276 g/mol. The summed E-state index contributed by atoms with van der Waals surface area (Å²) in [7, 11) is 0. The van der Waals surface area contributed by atoms with E-state index in [1.54, 1.807) is 0 Å². The summed E-state index contributed by atoms with van der Waals surface area (Å²) in [6.45, 7) is 0. The Balaban J connectivity index is 2.08. The number of phenolic OH excluding ortho intramolecular Hbond substituents is 1. The SMILES string of the molecule is O=C(O)CCc1cc(C2CCCCC2)c2ccccc2c1O. The summed E-state index contributed by atoms with van der Waals surface area (Å²) in [6, 6.07) is 9.98. The minimum atomic E-state index is -0.827. The van der Waals surface area contributed by atoms with Crippen molar-refractivity contribution in [3.63, 3.8) is 0 Å². The van der Waals surface area contributed by atoms with Crippen molar-refractivity contribution in [1.29, 1.82) is 0 Å². The first-order chi connectivity index (χ1) is 10.7. The van der Waals surface area contributed by atoms with Crippen molar-refractivity contribution >= 4 is 16.7 Å². The van der Waals surface area contributed by atoms with E-state index in [9.17, 15) is 9.90 Å². The molecule has 2 N–H and O–H groups in total. The third-order valence-corrected chi connectivity index (χ3v) is 4.78. The first-order valence-electron chi connectivity index (χ1n) is 8.12. The fourth-order valence-electron chi connectivity index (χ4n) is 3.63. The van der Waals surface area contributed by atoms with Gasteiger partial charge < -0.3 is 10.2 Å². The minimum absolute atomic E-state index is 0.0516. The van der Waals surface area contributed by atoms with Gasteiger partial charge in [0, 0.05) is 11.8 Å². The van der Waals surface area contributed by atoms with Crippen LogP contribution in [-0.2, 0) is 11.2 Å². The van der Waals surface area contributed by atoms with Crippen molar-refractivity contribution in [3.05, 3.63) is 41.5 Å². The van der Waals surface area contributed by atoms with E-state index in [4.69, 9.17) is 5.11 Å². The second kappa shape index (κ2) is 6.39. The number of benzene rings is 2. The second-order valence-corrected chi connectivity index (χ2v) is 6.25. The molecule has 2 aromatic carbocycles. The lowest BCUT2D eigenvalue weighted by Crippen LogP contribution is -2.06. The number of phenols is 1. The van der Waals surface area contributed by atoms with Crippen LogP contribution in [0.5, 0.6) is 5.75 Å². The van der Waals surface area contributed by atoms with Gasteiger partial charge in [-0.2, -0.15) is 0 Å². The van der Waals surface area contributed by atoms with Gasteiger partial charge in [0.25, 0.3) is 0 Å². The highest BCUT2D eigenvalue weighted by atomic mass is 16.4. The zero-order valence-electron chi connectivity index (χ0n) is 12.7. The van der Waals surface area contributed by atoms with Crippen LogP contribution in [0.25, 0.3) is 10.8 Å². The zero-order chi connectivity index (χ0) is 15.5. The van der Waals surface area contributed by atoms with E-state index in [2.05, 4.69) is 12.1 Å². The van der Waals surface area contributed by atoms with Crippen LogP contribution in [0.1, 0.15) is 55.6 Å². The Morgan fingerprint density at radius 2 is 1.77 bits per heavy atom. The summed E-state index contributed by atoms with van der Waals surface area (Å²) >= 11 is 0. The van der Waals surface area contributed by atoms with Crippen molar-refractivity contribution < 1.29 is 15.0 Å². The topological polar surface area (TPSA) is 57.5 Å². The maximum Gasteiger partial charge on any atom is 0.303 e. The van der Waals surface area contributed by atoms with Crippen molar-refractivity contribution in [3.8, 4) is 5.75 Å². The van der Waals surface area contributed by atoms with Crippen LogP contribution in [0.15, 0.2) is 30.3 Å². The van der Waals surface area contributed by atoms with Crippen LogP contribution in [0.4, 0.5) is 0 Å². The molecule has 0 saturated heterocycles. The Hall–Kier alpha value is -2.03. The van der Waals surface area contributed by atoms with Gasteiger partial charge in [0.15, 0.2) is 0 Å². The van der Waals surface area contributed by atoms with Crippen molar-refractivity contribution in [1.82, 2.24) is 0 Å². The lowest BCUT2D eigenvalue weighted by atomic mass is 9.81. The molecule has 116 valence electrons. The first kappa shape index (κ1) is 14.9. The van der Waals surface area contributed by atoms with Crippen molar-refractivity contribution in [2.45, 2.75) is 50.9 Å². The highest BCUT2D eigenvalue weighted by Gasteiger charge is 2.20. The number of fused-ring (bicyclic) bond motifs is 1. The Morgan fingerprint density at radius 3 is 2.45 bits per heavy atom. The van der Waals surface area contributed by atoms with Gasteiger partial charge in [-0.25, -0.2) is 0 Å².